The zero-order chi connectivity index (χ0) is 21.0. The number of anilines is 1. The van der Waals surface area contributed by atoms with Gasteiger partial charge in [0, 0.05) is 52.0 Å². The molecule has 0 saturated carbocycles. The topological polar surface area (TPSA) is 42.9 Å². The molecule has 0 unspecified atom stereocenters. The second-order valence-electron chi connectivity index (χ2n) is 7.68. The van der Waals surface area contributed by atoms with Crippen molar-refractivity contribution in [1.29, 1.82) is 0 Å². The number of nitrogens with zero attached hydrogens (tertiary/aromatic N) is 3. The summed E-state index contributed by atoms with van der Waals surface area (Å²) >= 11 is 0. The zero-order valence-electron chi connectivity index (χ0n) is 18.0. The van der Waals surface area contributed by atoms with E-state index in [0.29, 0.717) is 0 Å². The largest absolute Gasteiger partial charge is 0.369 e. The molecular weight excluding hydrogens is 377 g/mol. The van der Waals surface area contributed by atoms with Crippen LogP contribution in [0.2, 0.25) is 0 Å². The van der Waals surface area contributed by atoms with Gasteiger partial charge in [-0.05, 0) is 55.6 Å². The third kappa shape index (κ3) is 7.34. The number of para-hydroxylation sites is 1. The monoisotopic (exact) mass is 411 g/mol. The summed E-state index contributed by atoms with van der Waals surface area (Å²) < 4.78 is 13.2. The van der Waals surface area contributed by atoms with E-state index in [0.717, 1.165) is 70.2 Å². The Morgan fingerprint density at radius 1 is 0.933 bits per heavy atom. The molecule has 2 aromatic carbocycles. The van der Waals surface area contributed by atoms with Crippen LogP contribution >= 0.6 is 0 Å². The van der Waals surface area contributed by atoms with Gasteiger partial charge in [-0.1, -0.05) is 30.3 Å². The molecule has 2 aromatic rings. The van der Waals surface area contributed by atoms with E-state index in [4.69, 9.17) is 0 Å². The third-order valence-corrected chi connectivity index (χ3v) is 5.51. The number of halogens is 1. The van der Waals surface area contributed by atoms with Gasteiger partial charge in [-0.3, -0.25) is 9.89 Å². The van der Waals surface area contributed by atoms with Crippen LogP contribution in [0.15, 0.2) is 59.6 Å². The van der Waals surface area contributed by atoms with Crippen molar-refractivity contribution in [2.45, 2.75) is 19.3 Å². The van der Waals surface area contributed by atoms with Crippen LogP contribution in [0.1, 0.15) is 18.4 Å². The van der Waals surface area contributed by atoms with Gasteiger partial charge in [0.2, 0.25) is 0 Å². The molecule has 1 aliphatic rings. The van der Waals surface area contributed by atoms with E-state index in [-0.39, 0.29) is 5.82 Å². The van der Waals surface area contributed by atoms with Crippen LogP contribution in [0, 0.1) is 5.82 Å². The molecule has 1 heterocycles. The molecule has 1 saturated heterocycles. The second kappa shape index (κ2) is 12.2. The van der Waals surface area contributed by atoms with Crippen molar-refractivity contribution in [3.63, 3.8) is 0 Å². The van der Waals surface area contributed by atoms with E-state index in [1.165, 1.54) is 18.2 Å². The van der Waals surface area contributed by atoms with Gasteiger partial charge in [-0.15, -0.1) is 0 Å². The Balaban J connectivity index is 1.24. The first kappa shape index (κ1) is 22.1. The number of piperazine rings is 1. The molecule has 0 atom stereocenters. The number of rotatable bonds is 9. The molecule has 0 aliphatic carbocycles. The predicted molar refractivity (Wildman–Crippen MR) is 124 cm³/mol. The van der Waals surface area contributed by atoms with Crippen LogP contribution in [0.5, 0.6) is 0 Å². The minimum absolute atomic E-state index is 0.184. The molecule has 0 amide bonds. The molecule has 6 heteroatoms. The smallest absolute Gasteiger partial charge is 0.190 e. The molecule has 30 heavy (non-hydrogen) atoms. The van der Waals surface area contributed by atoms with Gasteiger partial charge in [0.15, 0.2) is 5.96 Å². The molecular formula is C24H34FN5. The molecule has 0 bridgehead atoms. The number of benzene rings is 2. The van der Waals surface area contributed by atoms with Crippen molar-refractivity contribution in [1.82, 2.24) is 15.5 Å². The number of hydrogen-bond acceptors (Lipinski definition) is 3. The molecule has 3 rings (SSSR count). The number of nitrogens with one attached hydrogen (secondary N) is 2. The fourth-order valence-electron chi connectivity index (χ4n) is 3.77. The summed E-state index contributed by atoms with van der Waals surface area (Å²) in [5, 5.41) is 6.67. The normalized spacial score (nSPS) is 15.3. The Kier molecular flexibility index (Phi) is 8.97. The van der Waals surface area contributed by atoms with E-state index in [2.05, 4.69) is 55.8 Å². The van der Waals surface area contributed by atoms with E-state index in [1.807, 2.05) is 6.07 Å². The van der Waals surface area contributed by atoms with Crippen LogP contribution < -0.4 is 15.5 Å². The molecule has 0 spiro atoms. The highest BCUT2D eigenvalue weighted by atomic mass is 19.1. The number of hydrogen-bond donors (Lipinski definition) is 2. The summed E-state index contributed by atoms with van der Waals surface area (Å²) in [6.45, 7) is 7.25. The van der Waals surface area contributed by atoms with E-state index in [9.17, 15) is 4.39 Å². The Bertz CT molecular complexity index is 772. The maximum absolute atomic E-state index is 13.2. The Morgan fingerprint density at radius 2 is 1.70 bits per heavy atom. The number of unbranched alkanes of at least 4 members (excludes halogenated alkanes) is 1. The Labute approximate surface area is 180 Å². The van der Waals surface area contributed by atoms with Gasteiger partial charge >= 0.3 is 0 Å². The first-order chi connectivity index (χ1) is 14.7. The van der Waals surface area contributed by atoms with E-state index < -0.39 is 0 Å². The third-order valence-electron chi connectivity index (χ3n) is 5.51. The van der Waals surface area contributed by atoms with Gasteiger partial charge < -0.3 is 15.5 Å². The van der Waals surface area contributed by atoms with Crippen molar-refractivity contribution >= 4 is 11.6 Å². The van der Waals surface area contributed by atoms with Gasteiger partial charge in [0.1, 0.15) is 5.82 Å². The summed E-state index contributed by atoms with van der Waals surface area (Å²) in [4.78, 5) is 9.30. The lowest BCUT2D eigenvalue weighted by atomic mass is 10.1. The van der Waals surface area contributed by atoms with Gasteiger partial charge in [0.25, 0.3) is 0 Å². The van der Waals surface area contributed by atoms with Crippen LogP contribution in [-0.2, 0) is 6.42 Å². The molecule has 2 N–H and O–H groups in total. The van der Waals surface area contributed by atoms with Gasteiger partial charge in [0.05, 0.1) is 0 Å². The Morgan fingerprint density at radius 3 is 2.43 bits per heavy atom. The Hall–Kier alpha value is -2.60. The lowest BCUT2D eigenvalue weighted by Gasteiger charge is -2.36. The molecule has 1 fully saturated rings. The SMILES string of the molecule is CN=C(NCCCCN1CCN(c2ccccc2)CC1)NCCc1cccc(F)c1. The summed E-state index contributed by atoms with van der Waals surface area (Å²) in [5.41, 5.74) is 2.32. The average molecular weight is 412 g/mol. The quantitative estimate of drug-likeness (QED) is 0.378. The van der Waals surface area contributed by atoms with Crippen LogP contribution in [-0.4, -0.2) is 63.7 Å². The fraction of sp³-hybridized carbons (Fsp3) is 0.458. The molecule has 1 aliphatic heterocycles. The minimum Gasteiger partial charge on any atom is -0.369 e. The zero-order valence-corrected chi connectivity index (χ0v) is 18.0. The summed E-state index contributed by atoms with van der Waals surface area (Å²) in [6, 6.07) is 17.4. The van der Waals surface area contributed by atoms with Gasteiger partial charge in [-0.25, -0.2) is 4.39 Å². The minimum atomic E-state index is -0.184. The summed E-state index contributed by atoms with van der Waals surface area (Å²) in [6.07, 6.45) is 3.07. The van der Waals surface area contributed by atoms with Crippen LogP contribution in [0.25, 0.3) is 0 Å². The summed E-state index contributed by atoms with van der Waals surface area (Å²) in [5.74, 6) is 0.624. The first-order valence-electron chi connectivity index (χ1n) is 11.0. The lowest BCUT2D eigenvalue weighted by Crippen LogP contribution is -2.46. The lowest BCUT2D eigenvalue weighted by molar-refractivity contribution is 0.253. The van der Waals surface area contributed by atoms with Crippen molar-refractivity contribution < 1.29 is 4.39 Å². The van der Waals surface area contributed by atoms with Crippen LogP contribution in [0.3, 0.4) is 0 Å². The highest BCUT2D eigenvalue weighted by Crippen LogP contribution is 2.15. The second-order valence-corrected chi connectivity index (χ2v) is 7.68. The molecule has 0 radical (unpaired) electrons. The van der Waals surface area contributed by atoms with Crippen molar-refractivity contribution in [3.05, 3.63) is 66.0 Å². The van der Waals surface area contributed by atoms with Crippen molar-refractivity contribution in [3.8, 4) is 0 Å². The van der Waals surface area contributed by atoms with Crippen LogP contribution in [0.4, 0.5) is 10.1 Å². The highest BCUT2D eigenvalue weighted by Gasteiger charge is 2.16. The summed E-state index contributed by atoms with van der Waals surface area (Å²) in [7, 11) is 1.78. The predicted octanol–water partition coefficient (Wildman–Crippen LogP) is 3.14. The average Bonchev–Trinajstić information content (AvgIpc) is 2.79. The maximum Gasteiger partial charge on any atom is 0.190 e. The molecule has 162 valence electrons. The first-order valence-corrected chi connectivity index (χ1v) is 11.0. The van der Waals surface area contributed by atoms with Crippen molar-refractivity contribution in [2.24, 2.45) is 4.99 Å². The molecule has 0 aromatic heterocycles. The fourth-order valence-corrected chi connectivity index (χ4v) is 3.77. The van der Waals surface area contributed by atoms with E-state index >= 15 is 0 Å². The van der Waals surface area contributed by atoms with Gasteiger partial charge in [-0.2, -0.15) is 0 Å². The molecule has 5 nitrogen and oxygen atoms in total. The van der Waals surface area contributed by atoms with E-state index in [1.54, 1.807) is 19.2 Å². The highest BCUT2D eigenvalue weighted by molar-refractivity contribution is 5.79. The standard InChI is InChI=1S/C24H34FN5/c1-26-24(28-14-12-21-8-7-9-22(25)20-21)27-13-5-6-15-29-16-18-30(19-17-29)23-10-3-2-4-11-23/h2-4,7-11,20H,5-6,12-19H2,1H3,(H2,26,27,28). The number of guanidine groups is 1. The number of aliphatic imine (C=N–C) groups is 1. The van der Waals surface area contributed by atoms with Crippen molar-refractivity contribution in [2.75, 3.05) is 57.8 Å². The maximum atomic E-state index is 13.2.